The molecule has 0 fully saturated rings. The van der Waals surface area contributed by atoms with Crippen LogP contribution in [0.1, 0.15) is 5.56 Å². The van der Waals surface area contributed by atoms with Crippen molar-refractivity contribution in [2.24, 2.45) is 0 Å². The third-order valence-electron chi connectivity index (χ3n) is 1.63. The number of alkyl halides is 1. The van der Waals surface area contributed by atoms with Gasteiger partial charge in [-0.25, -0.2) is 0 Å². The Hall–Kier alpha value is -0.890. The van der Waals surface area contributed by atoms with E-state index < -0.39 is 0 Å². The fraction of sp³-hybridized carbons (Fsp3) is 0.182. The molecule has 0 radical (unpaired) electrons. The predicted octanol–water partition coefficient (Wildman–Crippen LogP) is 2.75. The van der Waals surface area contributed by atoms with Crippen molar-refractivity contribution in [3.05, 3.63) is 48.0 Å². The largest absolute Gasteiger partial charge is 0.294 e. The van der Waals surface area contributed by atoms with Gasteiger partial charge in [-0.15, -0.1) is 0 Å². The second-order valence-corrected chi connectivity index (χ2v) is 3.25. The summed E-state index contributed by atoms with van der Waals surface area (Å²) < 4.78 is 0. The minimum Gasteiger partial charge on any atom is -0.294 e. The van der Waals surface area contributed by atoms with E-state index in [1.165, 1.54) is 5.56 Å². The van der Waals surface area contributed by atoms with Gasteiger partial charge in [0.05, 0.1) is 5.33 Å². The van der Waals surface area contributed by atoms with Crippen molar-refractivity contribution < 1.29 is 4.79 Å². The number of allylic oxidation sites excluding steroid dienone is 2. The Morgan fingerprint density at radius 2 is 2.00 bits per heavy atom. The molecular formula is C11H11BrO. The van der Waals surface area contributed by atoms with E-state index in [4.69, 9.17) is 0 Å². The summed E-state index contributed by atoms with van der Waals surface area (Å²) in [6.07, 6.45) is 4.32. The molecule has 0 aliphatic heterocycles. The fourth-order valence-corrected chi connectivity index (χ4v) is 1.17. The van der Waals surface area contributed by atoms with Crippen molar-refractivity contribution in [3.63, 3.8) is 0 Å². The Morgan fingerprint density at radius 1 is 1.31 bits per heavy atom. The van der Waals surface area contributed by atoms with Crippen LogP contribution in [0.15, 0.2) is 42.5 Å². The number of carbonyl (C=O) groups is 1. The van der Waals surface area contributed by atoms with Gasteiger partial charge in [-0.2, -0.15) is 0 Å². The van der Waals surface area contributed by atoms with E-state index in [0.29, 0.717) is 5.33 Å². The smallest absolute Gasteiger partial charge is 0.165 e. The van der Waals surface area contributed by atoms with Gasteiger partial charge in [0.2, 0.25) is 0 Å². The summed E-state index contributed by atoms with van der Waals surface area (Å²) in [7, 11) is 0. The fourth-order valence-electron chi connectivity index (χ4n) is 0.985. The van der Waals surface area contributed by atoms with Crippen molar-refractivity contribution in [3.8, 4) is 0 Å². The molecule has 0 aliphatic rings. The predicted molar refractivity (Wildman–Crippen MR) is 58.1 cm³/mol. The SMILES string of the molecule is O=C(/C=C/Cc1ccccc1)CBr. The second kappa shape index (κ2) is 5.70. The summed E-state index contributed by atoms with van der Waals surface area (Å²) in [5.41, 5.74) is 1.22. The molecule has 0 N–H and O–H groups in total. The number of hydrogen-bond donors (Lipinski definition) is 0. The summed E-state index contributed by atoms with van der Waals surface area (Å²) in [6.45, 7) is 0. The Kier molecular flexibility index (Phi) is 4.47. The van der Waals surface area contributed by atoms with Crippen LogP contribution in [0, 0.1) is 0 Å². The van der Waals surface area contributed by atoms with Gasteiger partial charge in [0.25, 0.3) is 0 Å². The first-order valence-electron chi connectivity index (χ1n) is 4.12. The third kappa shape index (κ3) is 4.04. The molecule has 1 rings (SSSR count). The Labute approximate surface area is 86.6 Å². The van der Waals surface area contributed by atoms with Gasteiger partial charge in [0.1, 0.15) is 0 Å². The van der Waals surface area contributed by atoms with E-state index in [1.54, 1.807) is 6.08 Å². The highest BCUT2D eigenvalue weighted by Gasteiger charge is 1.90. The van der Waals surface area contributed by atoms with Gasteiger partial charge >= 0.3 is 0 Å². The number of ketones is 1. The molecule has 0 unspecified atom stereocenters. The minimum atomic E-state index is 0.107. The molecule has 0 aromatic heterocycles. The van der Waals surface area contributed by atoms with Crippen LogP contribution in [-0.4, -0.2) is 11.1 Å². The number of benzene rings is 1. The lowest BCUT2D eigenvalue weighted by molar-refractivity contribution is -0.112. The lowest BCUT2D eigenvalue weighted by Gasteiger charge is -1.93. The zero-order valence-electron chi connectivity index (χ0n) is 7.24. The van der Waals surface area contributed by atoms with Crippen molar-refractivity contribution in [2.45, 2.75) is 6.42 Å². The van der Waals surface area contributed by atoms with Gasteiger partial charge in [-0.1, -0.05) is 52.3 Å². The zero-order chi connectivity index (χ0) is 9.52. The molecule has 68 valence electrons. The van der Waals surface area contributed by atoms with Crippen LogP contribution < -0.4 is 0 Å². The molecule has 0 atom stereocenters. The molecule has 1 aromatic rings. The van der Waals surface area contributed by atoms with E-state index in [1.807, 2.05) is 36.4 Å². The highest BCUT2D eigenvalue weighted by atomic mass is 79.9. The molecule has 0 saturated carbocycles. The van der Waals surface area contributed by atoms with Crippen molar-refractivity contribution in [2.75, 3.05) is 5.33 Å². The maximum atomic E-state index is 10.9. The second-order valence-electron chi connectivity index (χ2n) is 2.69. The number of rotatable bonds is 4. The summed E-state index contributed by atoms with van der Waals surface area (Å²) in [5, 5.41) is 0.401. The number of hydrogen-bond acceptors (Lipinski definition) is 1. The zero-order valence-corrected chi connectivity index (χ0v) is 8.83. The van der Waals surface area contributed by atoms with Crippen LogP contribution in [0.4, 0.5) is 0 Å². The molecule has 0 bridgehead atoms. The molecule has 0 aliphatic carbocycles. The Morgan fingerprint density at radius 3 is 2.62 bits per heavy atom. The normalized spacial score (nSPS) is 10.5. The summed E-state index contributed by atoms with van der Waals surface area (Å²) in [6, 6.07) is 10.1. The quantitative estimate of drug-likeness (QED) is 0.583. The van der Waals surface area contributed by atoms with Crippen molar-refractivity contribution in [1.82, 2.24) is 0 Å². The molecule has 1 nitrogen and oxygen atoms in total. The molecule has 0 saturated heterocycles. The van der Waals surface area contributed by atoms with Crippen LogP contribution in [0.2, 0.25) is 0 Å². The molecule has 0 amide bonds. The summed E-state index contributed by atoms with van der Waals surface area (Å²) in [4.78, 5) is 10.9. The maximum Gasteiger partial charge on any atom is 0.165 e. The van der Waals surface area contributed by atoms with Crippen molar-refractivity contribution >= 4 is 21.7 Å². The van der Waals surface area contributed by atoms with Crippen LogP contribution in [0.25, 0.3) is 0 Å². The molecule has 13 heavy (non-hydrogen) atoms. The first-order chi connectivity index (χ1) is 6.33. The van der Waals surface area contributed by atoms with E-state index in [2.05, 4.69) is 15.9 Å². The molecule has 0 heterocycles. The van der Waals surface area contributed by atoms with Crippen molar-refractivity contribution in [1.29, 1.82) is 0 Å². The minimum absolute atomic E-state index is 0.107. The number of carbonyl (C=O) groups excluding carboxylic acids is 1. The lowest BCUT2D eigenvalue weighted by atomic mass is 10.1. The highest BCUT2D eigenvalue weighted by molar-refractivity contribution is 9.09. The standard InChI is InChI=1S/C11H11BrO/c12-9-11(13)8-4-7-10-5-2-1-3-6-10/h1-6,8H,7,9H2/b8-4+. The van der Waals surface area contributed by atoms with Gasteiger partial charge < -0.3 is 0 Å². The third-order valence-corrected chi connectivity index (χ3v) is 2.18. The van der Waals surface area contributed by atoms with E-state index in [0.717, 1.165) is 6.42 Å². The molecule has 1 aromatic carbocycles. The monoisotopic (exact) mass is 238 g/mol. The summed E-state index contributed by atoms with van der Waals surface area (Å²) in [5.74, 6) is 0.107. The van der Waals surface area contributed by atoms with Gasteiger partial charge in [0.15, 0.2) is 5.78 Å². The topological polar surface area (TPSA) is 17.1 Å². The van der Waals surface area contributed by atoms with Crippen LogP contribution in [-0.2, 0) is 11.2 Å². The lowest BCUT2D eigenvalue weighted by Crippen LogP contribution is -1.92. The first-order valence-corrected chi connectivity index (χ1v) is 5.24. The van der Waals surface area contributed by atoms with E-state index in [9.17, 15) is 4.79 Å². The maximum absolute atomic E-state index is 10.9. The van der Waals surface area contributed by atoms with Crippen LogP contribution in [0.5, 0.6) is 0 Å². The van der Waals surface area contributed by atoms with Gasteiger partial charge in [-0.3, -0.25) is 4.79 Å². The summed E-state index contributed by atoms with van der Waals surface area (Å²) >= 11 is 3.10. The molecule has 2 heteroatoms. The molecular weight excluding hydrogens is 228 g/mol. The van der Waals surface area contributed by atoms with E-state index in [-0.39, 0.29) is 5.78 Å². The highest BCUT2D eigenvalue weighted by Crippen LogP contribution is 2.00. The van der Waals surface area contributed by atoms with E-state index >= 15 is 0 Å². The average molecular weight is 239 g/mol. The van der Waals surface area contributed by atoms with Gasteiger partial charge in [0, 0.05) is 0 Å². The van der Waals surface area contributed by atoms with Crippen LogP contribution in [0.3, 0.4) is 0 Å². The first kappa shape index (κ1) is 10.2. The number of halogens is 1. The van der Waals surface area contributed by atoms with Gasteiger partial charge in [-0.05, 0) is 18.1 Å². The molecule has 0 spiro atoms. The Balaban J connectivity index is 2.44. The van der Waals surface area contributed by atoms with Crippen LogP contribution >= 0.6 is 15.9 Å². The average Bonchev–Trinajstić information content (AvgIpc) is 2.19. The Bertz CT molecular complexity index is 290.